The number of anilines is 2. The highest BCUT2D eigenvalue weighted by Crippen LogP contribution is 2.31. The molecule has 0 aromatic heterocycles. The molecule has 0 radical (unpaired) electrons. The molecule has 1 atom stereocenters. The summed E-state index contributed by atoms with van der Waals surface area (Å²) in [5.41, 5.74) is 2.71. The van der Waals surface area contributed by atoms with Crippen LogP contribution in [0.1, 0.15) is 25.3 Å². The summed E-state index contributed by atoms with van der Waals surface area (Å²) in [7, 11) is 0. The number of carbonyl (C=O) groups is 1. The maximum atomic E-state index is 12.3. The van der Waals surface area contributed by atoms with Gasteiger partial charge in [-0.3, -0.25) is 4.79 Å². The molecule has 0 aliphatic carbocycles. The Kier molecular flexibility index (Phi) is 6.04. The fraction of sp³-hybridized carbons (Fsp3) is 0.381. The molecule has 0 bridgehead atoms. The Morgan fingerprint density at radius 1 is 1.31 bits per heavy atom. The van der Waals surface area contributed by atoms with Crippen molar-refractivity contribution >= 4 is 28.9 Å². The first-order valence-electron chi connectivity index (χ1n) is 9.05. The summed E-state index contributed by atoms with van der Waals surface area (Å²) in [6.07, 6.45) is 2.45. The summed E-state index contributed by atoms with van der Waals surface area (Å²) in [5.74, 6) is 1.19. The number of carbonyl (C=O) groups excluding carboxylic acids is 1. The SMILES string of the molecule is Cc1ccc(NC(=O)COc2ccccc2N2CCCC(C)C2)c(Cl)c1. The number of piperidine rings is 1. The van der Waals surface area contributed by atoms with Crippen molar-refractivity contribution in [2.24, 2.45) is 5.92 Å². The zero-order chi connectivity index (χ0) is 18.5. The van der Waals surface area contributed by atoms with E-state index in [1.54, 1.807) is 6.07 Å². The van der Waals surface area contributed by atoms with E-state index in [1.165, 1.54) is 12.8 Å². The Labute approximate surface area is 160 Å². The van der Waals surface area contributed by atoms with Gasteiger partial charge >= 0.3 is 0 Å². The fourth-order valence-electron chi connectivity index (χ4n) is 3.30. The molecular weight excluding hydrogens is 348 g/mol. The quantitative estimate of drug-likeness (QED) is 0.811. The van der Waals surface area contributed by atoms with Gasteiger partial charge in [0.05, 0.1) is 16.4 Å². The number of benzene rings is 2. The molecule has 1 amide bonds. The lowest BCUT2D eigenvalue weighted by Gasteiger charge is -2.33. The van der Waals surface area contributed by atoms with Crippen LogP contribution < -0.4 is 15.0 Å². The Bertz CT molecular complexity index is 778. The molecule has 1 saturated heterocycles. The third kappa shape index (κ3) is 4.70. The third-order valence-corrected chi connectivity index (χ3v) is 4.93. The normalized spacial score (nSPS) is 17.0. The third-order valence-electron chi connectivity index (χ3n) is 4.62. The van der Waals surface area contributed by atoms with Crippen molar-refractivity contribution in [2.75, 3.05) is 29.9 Å². The summed E-state index contributed by atoms with van der Waals surface area (Å²) in [5, 5.41) is 3.33. The average Bonchev–Trinajstić information content (AvgIpc) is 2.62. The van der Waals surface area contributed by atoms with Gasteiger partial charge in [0, 0.05) is 13.1 Å². The van der Waals surface area contributed by atoms with Crippen molar-refractivity contribution in [3.05, 3.63) is 53.1 Å². The van der Waals surface area contributed by atoms with E-state index < -0.39 is 0 Å². The average molecular weight is 373 g/mol. The maximum absolute atomic E-state index is 12.3. The molecule has 2 aromatic rings. The van der Waals surface area contributed by atoms with Gasteiger partial charge in [0.1, 0.15) is 5.75 Å². The lowest BCUT2D eigenvalue weighted by Crippen LogP contribution is -2.34. The maximum Gasteiger partial charge on any atom is 0.262 e. The van der Waals surface area contributed by atoms with Crippen LogP contribution in [0.4, 0.5) is 11.4 Å². The van der Waals surface area contributed by atoms with E-state index in [0.29, 0.717) is 16.6 Å². The molecule has 1 N–H and O–H groups in total. The first kappa shape index (κ1) is 18.6. The molecule has 1 aliphatic heterocycles. The number of hydrogen-bond donors (Lipinski definition) is 1. The smallest absolute Gasteiger partial charge is 0.262 e. The zero-order valence-corrected chi connectivity index (χ0v) is 16.1. The Morgan fingerprint density at radius 3 is 2.88 bits per heavy atom. The van der Waals surface area contributed by atoms with Gasteiger partial charge in [-0.2, -0.15) is 0 Å². The van der Waals surface area contributed by atoms with Crippen LogP contribution in [0.3, 0.4) is 0 Å². The van der Waals surface area contributed by atoms with Crippen LogP contribution in [0.15, 0.2) is 42.5 Å². The Morgan fingerprint density at radius 2 is 2.12 bits per heavy atom. The first-order valence-corrected chi connectivity index (χ1v) is 9.43. The van der Waals surface area contributed by atoms with E-state index in [2.05, 4.69) is 23.2 Å². The van der Waals surface area contributed by atoms with E-state index in [-0.39, 0.29) is 12.5 Å². The zero-order valence-electron chi connectivity index (χ0n) is 15.3. The van der Waals surface area contributed by atoms with Gasteiger partial charge in [0.25, 0.3) is 5.91 Å². The van der Waals surface area contributed by atoms with Crippen LogP contribution in [-0.4, -0.2) is 25.6 Å². The van der Waals surface area contributed by atoms with Crippen LogP contribution in [0, 0.1) is 12.8 Å². The van der Waals surface area contributed by atoms with Crippen LogP contribution in [0.2, 0.25) is 5.02 Å². The monoisotopic (exact) mass is 372 g/mol. The fourth-order valence-corrected chi connectivity index (χ4v) is 3.58. The number of para-hydroxylation sites is 2. The van der Waals surface area contributed by atoms with Gasteiger partial charge in [-0.15, -0.1) is 0 Å². The largest absolute Gasteiger partial charge is 0.482 e. The van der Waals surface area contributed by atoms with Crippen molar-refractivity contribution in [3.8, 4) is 5.75 Å². The Balaban J connectivity index is 1.63. The lowest BCUT2D eigenvalue weighted by atomic mass is 9.99. The van der Waals surface area contributed by atoms with Crippen molar-refractivity contribution in [1.29, 1.82) is 0 Å². The van der Waals surface area contributed by atoms with Gasteiger partial charge in [-0.05, 0) is 55.5 Å². The minimum atomic E-state index is -0.224. The summed E-state index contributed by atoms with van der Waals surface area (Å²) in [6.45, 7) is 6.22. The van der Waals surface area contributed by atoms with Gasteiger partial charge in [-0.1, -0.05) is 36.7 Å². The molecule has 4 nitrogen and oxygen atoms in total. The predicted octanol–water partition coefficient (Wildman–Crippen LogP) is 4.90. The molecule has 5 heteroatoms. The van der Waals surface area contributed by atoms with Crippen LogP contribution in [0.5, 0.6) is 5.75 Å². The number of nitrogens with one attached hydrogen (secondary N) is 1. The number of hydrogen-bond acceptors (Lipinski definition) is 3. The second-order valence-electron chi connectivity index (χ2n) is 6.98. The van der Waals surface area contributed by atoms with Crippen molar-refractivity contribution in [1.82, 2.24) is 0 Å². The molecule has 1 aliphatic rings. The topological polar surface area (TPSA) is 41.6 Å². The highest BCUT2D eigenvalue weighted by Gasteiger charge is 2.19. The summed E-state index contributed by atoms with van der Waals surface area (Å²) < 4.78 is 5.83. The number of aryl methyl sites for hydroxylation is 1. The highest BCUT2D eigenvalue weighted by molar-refractivity contribution is 6.33. The van der Waals surface area contributed by atoms with Crippen molar-refractivity contribution < 1.29 is 9.53 Å². The number of rotatable bonds is 5. The minimum absolute atomic E-state index is 0.0510. The summed E-state index contributed by atoms with van der Waals surface area (Å²) >= 11 is 6.17. The number of amides is 1. The highest BCUT2D eigenvalue weighted by atomic mass is 35.5. The van der Waals surface area contributed by atoms with Gasteiger partial charge in [0.15, 0.2) is 6.61 Å². The number of halogens is 1. The lowest BCUT2D eigenvalue weighted by molar-refractivity contribution is -0.118. The van der Waals surface area contributed by atoms with Crippen molar-refractivity contribution in [2.45, 2.75) is 26.7 Å². The first-order chi connectivity index (χ1) is 12.5. The summed E-state index contributed by atoms with van der Waals surface area (Å²) in [6, 6.07) is 13.5. The summed E-state index contributed by atoms with van der Waals surface area (Å²) in [4.78, 5) is 14.6. The van der Waals surface area contributed by atoms with E-state index in [9.17, 15) is 4.79 Å². The van der Waals surface area contributed by atoms with E-state index in [4.69, 9.17) is 16.3 Å². The Hall–Kier alpha value is -2.20. The molecule has 138 valence electrons. The molecule has 26 heavy (non-hydrogen) atoms. The van der Waals surface area contributed by atoms with E-state index in [1.807, 2.05) is 37.3 Å². The second-order valence-corrected chi connectivity index (χ2v) is 7.39. The van der Waals surface area contributed by atoms with Crippen molar-refractivity contribution in [3.63, 3.8) is 0 Å². The standard InChI is InChI=1S/C21H25ClN2O2/c1-15-9-10-18(17(22)12-15)23-21(25)14-26-20-8-4-3-7-19(20)24-11-5-6-16(2)13-24/h3-4,7-10,12,16H,5-6,11,13-14H2,1-2H3,(H,23,25). The van der Waals surface area contributed by atoms with Gasteiger partial charge < -0.3 is 15.0 Å². The molecule has 2 aromatic carbocycles. The van der Waals surface area contributed by atoms with E-state index >= 15 is 0 Å². The van der Waals surface area contributed by atoms with Crippen LogP contribution >= 0.6 is 11.6 Å². The molecule has 1 unspecified atom stereocenters. The number of nitrogens with zero attached hydrogens (tertiary/aromatic N) is 1. The molecule has 1 fully saturated rings. The van der Waals surface area contributed by atoms with Gasteiger partial charge in [-0.25, -0.2) is 0 Å². The molecule has 0 spiro atoms. The molecule has 0 saturated carbocycles. The van der Waals surface area contributed by atoms with Crippen LogP contribution in [0.25, 0.3) is 0 Å². The molecule has 3 rings (SSSR count). The van der Waals surface area contributed by atoms with Crippen LogP contribution in [-0.2, 0) is 4.79 Å². The predicted molar refractivity (Wildman–Crippen MR) is 107 cm³/mol. The van der Waals surface area contributed by atoms with Gasteiger partial charge in [0.2, 0.25) is 0 Å². The number of ether oxygens (including phenoxy) is 1. The molecular formula is C21H25ClN2O2. The molecule has 1 heterocycles. The van der Waals surface area contributed by atoms with E-state index in [0.717, 1.165) is 30.1 Å². The minimum Gasteiger partial charge on any atom is -0.482 e. The second kappa shape index (κ2) is 8.45.